The van der Waals surface area contributed by atoms with Gasteiger partial charge in [-0.05, 0) is 24.1 Å². The first-order chi connectivity index (χ1) is 12.9. The molecule has 0 aliphatic heterocycles. The van der Waals surface area contributed by atoms with Crippen LogP contribution < -0.4 is 16.2 Å². The fraction of sp³-hybridized carbons (Fsp3) is 0.105. The number of carboxylic acids is 1. The second-order valence-corrected chi connectivity index (χ2v) is 5.83. The molecule has 27 heavy (non-hydrogen) atoms. The van der Waals surface area contributed by atoms with Gasteiger partial charge in [-0.3, -0.25) is 4.79 Å². The summed E-state index contributed by atoms with van der Waals surface area (Å²) in [5.41, 5.74) is 13.3. The van der Waals surface area contributed by atoms with Gasteiger partial charge in [-0.2, -0.15) is 4.98 Å². The summed E-state index contributed by atoms with van der Waals surface area (Å²) in [7, 11) is 0. The Hall–Kier alpha value is -3.52. The number of aromatic nitrogens is 2. The summed E-state index contributed by atoms with van der Waals surface area (Å²) in [6.07, 6.45) is 0.211. The van der Waals surface area contributed by atoms with E-state index in [9.17, 15) is 9.18 Å². The molecule has 0 aliphatic rings. The van der Waals surface area contributed by atoms with Crippen LogP contribution in [0.15, 0.2) is 54.6 Å². The van der Waals surface area contributed by atoms with E-state index in [0.29, 0.717) is 5.69 Å². The summed E-state index contributed by atoms with van der Waals surface area (Å²) in [5, 5.41) is 8.88. The van der Waals surface area contributed by atoms with Crippen LogP contribution in [-0.2, 0) is 11.2 Å². The smallest absolute Gasteiger partial charge is 0.320 e. The van der Waals surface area contributed by atoms with Crippen LogP contribution in [0.3, 0.4) is 0 Å². The predicted molar refractivity (Wildman–Crippen MR) is 97.7 cm³/mol. The van der Waals surface area contributed by atoms with Gasteiger partial charge >= 0.3 is 5.97 Å². The molecule has 0 saturated heterocycles. The number of nitrogen functional groups attached to an aromatic ring is 1. The highest BCUT2D eigenvalue weighted by Gasteiger charge is 2.13. The third kappa shape index (κ3) is 4.56. The lowest BCUT2D eigenvalue weighted by atomic mass is 10.0. The molecule has 0 bridgehead atoms. The van der Waals surface area contributed by atoms with Gasteiger partial charge in [0.1, 0.15) is 6.04 Å². The molecule has 0 unspecified atom stereocenters. The van der Waals surface area contributed by atoms with Gasteiger partial charge in [0.05, 0.1) is 5.69 Å². The zero-order valence-corrected chi connectivity index (χ0v) is 14.2. The number of carbonyl (C=O) groups is 1. The topological polar surface area (TPSA) is 124 Å². The maximum Gasteiger partial charge on any atom is 0.320 e. The minimum Gasteiger partial charge on any atom is -0.480 e. The van der Waals surface area contributed by atoms with Gasteiger partial charge in [0.2, 0.25) is 11.8 Å². The highest BCUT2D eigenvalue weighted by Crippen LogP contribution is 2.27. The molecule has 1 aromatic heterocycles. The Morgan fingerprint density at radius 3 is 2.52 bits per heavy atom. The number of anilines is 1. The normalized spacial score (nSPS) is 11.8. The summed E-state index contributed by atoms with van der Waals surface area (Å²) in [4.78, 5) is 19.0. The van der Waals surface area contributed by atoms with E-state index >= 15 is 0 Å². The first-order valence-corrected chi connectivity index (χ1v) is 8.07. The lowest BCUT2D eigenvalue weighted by molar-refractivity contribution is -0.138. The molecule has 8 heteroatoms. The van der Waals surface area contributed by atoms with Crippen molar-refractivity contribution in [3.05, 3.63) is 66.0 Å². The molecule has 3 aromatic rings. The Bertz CT molecular complexity index is 963. The van der Waals surface area contributed by atoms with Crippen LogP contribution in [0, 0.1) is 5.82 Å². The number of aliphatic carboxylic acids is 1. The standard InChI is InChI=1S/C19H17FN4O3/c20-13-3-1-2-4-16(13)27-17-10-15(23-19(22)24-17)12-7-5-11(6-8-12)9-14(21)18(25)26/h1-8,10,14H,9,21H2,(H,25,26)(H2,22,23,24)/t14-/m0/s1. The number of nitrogens with zero attached hydrogens (tertiary/aromatic N) is 2. The van der Waals surface area contributed by atoms with Crippen LogP contribution >= 0.6 is 0 Å². The molecule has 0 aliphatic carbocycles. The van der Waals surface area contributed by atoms with Crippen LogP contribution in [0.4, 0.5) is 10.3 Å². The van der Waals surface area contributed by atoms with Gasteiger partial charge in [0, 0.05) is 11.6 Å². The van der Waals surface area contributed by atoms with E-state index in [0.717, 1.165) is 11.1 Å². The van der Waals surface area contributed by atoms with Crippen molar-refractivity contribution in [3.63, 3.8) is 0 Å². The molecule has 0 radical (unpaired) electrons. The zero-order chi connectivity index (χ0) is 19.4. The third-order valence-corrected chi connectivity index (χ3v) is 3.79. The molecule has 1 atom stereocenters. The van der Waals surface area contributed by atoms with Gasteiger partial charge in [0.25, 0.3) is 0 Å². The number of carboxylic acid groups (broad SMARTS) is 1. The minimum absolute atomic E-state index is 0.0178. The van der Waals surface area contributed by atoms with E-state index in [-0.39, 0.29) is 24.0 Å². The molecule has 0 fully saturated rings. The number of benzene rings is 2. The van der Waals surface area contributed by atoms with Crippen molar-refractivity contribution in [2.75, 3.05) is 5.73 Å². The molecule has 138 valence electrons. The Labute approximate surface area is 154 Å². The van der Waals surface area contributed by atoms with Crippen LogP contribution in [-0.4, -0.2) is 27.1 Å². The number of para-hydroxylation sites is 1. The number of hydrogen-bond donors (Lipinski definition) is 3. The lowest BCUT2D eigenvalue weighted by Gasteiger charge is -2.10. The van der Waals surface area contributed by atoms with Crippen LogP contribution in [0.25, 0.3) is 11.3 Å². The van der Waals surface area contributed by atoms with E-state index in [4.69, 9.17) is 21.3 Å². The highest BCUT2D eigenvalue weighted by atomic mass is 19.1. The Morgan fingerprint density at radius 2 is 1.85 bits per heavy atom. The quantitative estimate of drug-likeness (QED) is 0.611. The number of ether oxygens (including phenoxy) is 1. The molecule has 0 amide bonds. The average Bonchev–Trinajstić information content (AvgIpc) is 2.63. The Morgan fingerprint density at radius 1 is 1.15 bits per heavy atom. The Balaban J connectivity index is 1.83. The molecule has 5 N–H and O–H groups in total. The maximum atomic E-state index is 13.8. The highest BCUT2D eigenvalue weighted by molar-refractivity contribution is 5.73. The summed E-state index contributed by atoms with van der Waals surface area (Å²) in [6.45, 7) is 0. The first kappa shape index (κ1) is 18.3. The number of halogens is 1. The zero-order valence-electron chi connectivity index (χ0n) is 14.2. The number of nitrogens with two attached hydrogens (primary N) is 2. The van der Waals surface area contributed by atoms with Crippen molar-refractivity contribution in [2.24, 2.45) is 5.73 Å². The molecule has 0 saturated carbocycles. The largest absolute Gasteiger partial charge is 0.480 e. The summed E-state index contributed by atoms with van der Waals surface area (Å²) < 4.78 is 19.2. The van der Waals surface area contributed by atoms with Crippen LogP contribution in [0.5, 0.6) is 11.6 Å². The fourth-order valence-electron chi connectivity index (χ4n) is 2.44. The first-order valence-electron chi connectivity index (χ1n) is 8.07. The molecular formula is C19H17FN4O3. The van der Waals surface area contributed by atoms with E-state index in [1.54, 1.807) is 42.5 Å². The summed E-state index contributed by atoms with van der Waals surface area (Å²) >= 11 is 0. The van der Waals surface area contributed by atoms with E-state index in [1.807, 2.05) is 0 Å². The van der Waals surface area contributed by atoms with E-state index in [2.05, 4.69) is 9.97 Å². The number of rotatable bonds is 6. The van der Waals surface area contributed by atoms with Gasteiger partial charge in [0.15, 0.2) is 11.6 Å². The molecular weight excluding hydrogens is 351 g/mol. The van der Waals surface area contributed by atoms with Crippen molar-refractivity contribution in [2.45, 2.75) is 12.5 Å². The van der Waals surface area contributed by atoms with Gasteiger partial charge in [-0.1, -0.05) is 36.4 Å². The minimum atomic E-state index is -1.06. The summed E-state index contributed by atoms with van der Waals surface area (Å²) in [6, 6.07) is 13.6. The lowest BCUT2D eigenvalue weighted by Crippen LogP contribution is -2.32. The molecule has 1 heterocycles. The van der Waals surface area contributed by atoms with Crippen molar-refractivity contribution < 1.29 is 19.0 Å². The average molecular weight is 368 g/mol. The van der Waals surface area contributed by atoms with Gasteiger partial charge < -0.3 is 21.3 Å². The van der Waals surface area contributed by atoms with Crippen molar-refractivity contribution in [1.29, 1.82) is 0 Å². The van der Waals surface area contributed by atoms with E-state index in [1.165, 1.54) is 12.1 Å². The van der Waals surface area contributed by atoms with Crippen LogP contribution in [0.2, 0.25) is 0 Å². The second kappa shape index (κ2) is 7.79. The Kier molecular flexibility index (Phi) is 5.28. The van der Waals surface area contributed by atoms with Gasteiger partial charge in [-0.25, -0.2) is 9.37 Å². The predicted octanol–water partition coefficient (Wildman–Crippen LogP) is 2.61. The van der Waals surface area contributed by atoms with Gasteiger partial charge in [-0.15, -0.1) is 0 Å². The monoisotopic (exact) mass is 368 g/mol. The molecule has 2 aromatic carbocycles. The third-order valence-electron chi connectivity index (χ3n) is 3.79. The molecule has 0 spiro atoms. The second-order valence-electron chi connectivity index (χ2n) is 5.83. The van der Waals surface area contributed by atoms with E-state index < -0.39 is 17.8 Å². The van der Waals surface area contributed by atoms with Crippen molar-refractivity contribution in [1.82, 2.24) is 9.97 Å². The SMILES string of the molecule is Nc1nc(Oc2ccccc2F)cc(-c2ccc(C[C@H](N)C(=O)O)cc2)n1. The number of hydrogen-bond acceptors (Lipinski definition) is 6. The van der Waals surface area contributed by atoms with Crippen LogP contribution in [0.1, 0.15) is 5.56 Å². The molecule has 3 rings (SSSR count). The molecule has 7 nitrogen and oxygen atoms in total. The summed E-state index contributed by atoms with van der Waals surface area (Å²) in [5.74, 6) is -1.46. The van der Waals surface area contributed by atoms with Crippen molar-refractivity contribution >= 4 is 11.9 Å². The maximum absolute atomic E-state index is 13.8. The fourth-order valence-corrected chi connectivity index (χ4v) is 2.44. The van der Waals surface area contributed by atoms with Crippen molar-refractivity contribution in [3.8, 4) is 22.9 Å².